The van der Waals surface area contributed by atoms with Crippen LogP contribution in [0.15, 0.2) is 48.7 Å². The van der Waals surface area contributed by atoms with E-state index in [-0.39, 0.29) is 0 Å². The summed E-state index contributed by atoms with van der Waals surface area (Å²) in [6.07, 6.45) is 2.60. The van der Waals surface area contributed by atoms with Crippen molar-refractivity contribution in [1.29, 1.82) is 0 Å². The third-order valence-corrected chi connectivity index (χ3v) is 2.72. The van der Waals surface area contributed by atoms with Gasteiger partial charge in [-0.15, -0.1) is 0 Å². The summed E-state index contributed by atoms with van der Waals surface area (Å²) in [4.78, 5) is 4.30. The van der Waals surface area contributed by atoms with Crippen LogP contribution in [0.2, 0.25) is 0 Å². The molecule has 0 radical (unpaired) electrons. The van der Waals surface area contributed by atoms with Gasteiger partial charge < -0.3 is 14.8 Å². The maximum absolute atomic E-state index is 5.61. The molecule has 1 aromatic carbocycles. The molecule has 2 rings (SSSR count). The lowest BCUT2D eigenvalue weighted by Gasteiger charge is -2.08. The molecule has 0 bridgehead atoms. The monoisotopic (exact) mass is 272 g/mol. The Morgan fingerprint density at radius 2 is 1.70 bits per heavy atom. The Balaban J connectivity index is 1.63. The third kappa shape index (κ3) is 4.90. The van der Waals surface area contributed by atoms with Crippen molar-refractivity contribution in [2.75, 3.05) is 20.3 Å². The van der Waals surface area contributed by atoms with Gasteiger partial charge in [-0.3, -0.25) is 4.98 Å². The van der Waals surface area contributed by atoms with Gasteiger partial charge in [0.2, 0.25) is 0 Å². The Hall–Kier alpha value is -2.07. The molecule has 0 atom stereocenters. The number of ether oxygens (including phenoxy) is 2. The fourth-order valence-corrected chi connectivity index (χ4v) is 1.74. The zero-order valence-electron chi connectivity index (χ0n) is 11.7. The largest absolute Gasteiger partial charge is 0.493 e. The van der Waals surface area contributed by atoms with Crippen molar-refractivity contribution >= 4 is 0 Å². The van der Waals surface area contributed by atoms with Crippen molar-refractivity contribution in [3.05, 3.63) is 54.4 Å². The van der Waals surface area contributed by atoms with Crippen molar-refractivity contribution in [1.82, 2.24) is 10.3 Å². The summed E-state index contributed by atoms with van der Waals surface area (Å²) in [5.74, 6) is 1.69. The zero-order valence-corrected chi connectivity index (χ0v) is 11.7. The molecule has 0 spiro atoms. The van der Waals surface area contributed by atoms with E-state index in [1.807, 2.05) is 49.5 Å². The number of pyridine rings is 1. The topological polar surface area (TPSA) is 43.4 Å². The van der Waals surface area contributed by atoms with Gasteiger partial charge >= 0.3 is 0 Å². The highest BCUT2D eigenvalue weighted by atomic mass is 16.5. The molecule has 0 aliphatic heterocycles. The van der Waals surface area contributed by atoms with Crippen molar-refractivity contribution in [2.45, 2.75) is 13.0 Å². The van der Waals surface area contributed by atoms with Gasteiger partial charge in [0.15, 0.2) is 0 Å². The molecular weight excluding hydrogens is 252 g/mol. The second-order valence-corrected chi connectivity index (χ2v) is 4.38. The van der Waals surface area contributed by atoms with E-state index in [9.17, 15) is 0 Å². The second kappa shape index (κ2) is 8.17. The van der Waals surface area contributed by atoms with Crippen LogP contribution in [0.4, 0.5) is 0 Å². The van der Waals surface area contributed by atoms with E-state index in [0.29, 0.717) is 13.2 Å². The first-order chi connectivity index (χ1) is 9.88. The lowest BCUT2D eigenvalue weighted by molar-refractivity contribution is 0.247. The number of benzene rings is 1. The fourth-order valence-electron chi connectivity index (χ4n) is 1.74. The Morgan fingerprint density at radius 3 is 2.35 bits per heavy atom. The van der Waals surface area contributed by atoms with Crippen LogP contribution in [0.3, 0.4) is 0 Å². The lowest BCUT2D eigenvalue weighted by atomic mass is 10.3. The predicted molar refractivity (Wildman–Crippen MR) is 79.0 cm³/mol. The van der Waals surface area contributed by atoms with Gasteiger partial charge in [0.05, 0.1) is 25.1 Å². The summed E-state index contributed by atoms with van der Waals surface area (Å²) < 4.78 is 11.2. The first-order valence-corrected chi connectivity index (χ1v) is 6.78. The first-order valence-electron chi connectivity index (χ1n) is 6.78. The predicted octanol–water partition coefficient (Wildman–Crippen LogP) is 2.65. The van der Waals surface area contributed by atoms with Gasteiger partial charge in [0.1, 0.15) is 11.5 Å². The molecule has 106 valence electrons. The lowest BCUT2D eigenvalue weighted by Crippen LogP contribution is -2.07. The van der Waals surface area contributed by atoms with E-state index in [4.69, 9.17) is 9.47 Å². The molecule has 1 aromatic heterocycles. The van der Waals surface area contributed by atoms with E-state index in [1.165, 1.54) is 0 Å². The van der Waals surface area contributed by atoms with Crippen LogP contribution in [0.5, 0.6) is 11.5 Å². The van der Waals surface area contributed by atoms with Crippen LogP contribution in [0, 0.1) is 0 Å². The van der Waals surface area contributed by atoms with Gasteiger partial charge in [0.25, 0.3) is 0 Å². The van der Waals surface area contributed by atoms with Gasteiger partial charge in [-0.05, 0) is 31.3 Å². The van der Waals surface area contributed by atoms with E-state index in [0.717, 1.165) is 30.2 Å². The van der Waals surface area contributed by atoms with E-state index < -0.39 is 0 Å². The van der Waals surface area contributed by atoms with Crippen molar-refractivity contribution < 1.29 is 9.47 Å². The summed E-state index contributed by atoms with van der Waals surface area (Å²) in [5, 5.41) is 3.06. The molecule has 0 aliphatic carbocycles. The highest BCUT2D eigenvalue weighted by molar-refractivity contribution is 5.21. The molecule has 0 saturated heterocycles. The van der Waals surface area contributed by atoms with Crippen molar-refractivity contribution in [3.63, 3.8) is 0 Å². The van der Waals surface area contributed by atoms with Crippen LogP contribution in [0.1, 0.15) is 12.1 Å². The fraction of sp³-hybridized carbons (Fsp3) is 0.312. The first kappa shape index (κ1) is 14.3. The quantitative estimate of drug-likeness (QED) is 0.750. The molecule has 1 heterocycles. The molecule has 2 aromatic rings. The van der Waals surface area contributed by atoms with E-state index in [1.54, 1.807) is 6.20 Å². The summed E-state index contributed by atoms with van der Waals surface area (Å²) >= 11 is 0. The number of nitrogens with one attached hydrogen (secondary N) is 1. The number of hydrogen-bond donors (Lipinski definition) is 1. The molecule has 4 heteroatoms. The number of nitrogens with zero attached hydrogens (tertiary/aromatic N) is 1. The average Bonchev–Trinajstić information content (AvgIpc) is 2.50. The molecule has 0 fully saturated rings. The summed E-state index contributed by atoms with van der Waals surface area (Å²) in [6.45, 7) is 2.04. The molecule has 4 nitrogen and oxygen atoms in total. The van der Waals surface area contributed by atoms with Crippen LogP contribution in [-0.4, -0.2) is 25.2 Å². The molecule has 0 unspecified atom stereocenters. The molecular formula is C16H20N2O2. The van der Waals surface area contributed by atoms with Gasteiger partial charge in [0, 0.05) is 13.0 Å². The third-order valence-electron chi connectivity index (χ3n) is 2.72. The van der Waals surface area contributed by atoms with Crippen molar-refractivity contribution in [2.24, 2.45) is 0 Å². The Labute approximate surface area is 119 Å². The summed E-state index contributed by atoms with van der Waals surface area (Å²) in [5.41, 5.74) is 1.01. The van der Waals surface area contributed by atoms with Crippen LogP contribution in [0.25, 0.3) is 0 Å². The molecule has 0 aliphatic rings. The second-order valence-electron chi connectivity index (χ2n) is 4.38. The minimum Gasteiger partial charge on any atom is -0.493 e. The smallest absolute Gasteiger partial charge is 0.137 e. The summed E-state index contributed by atoms with van der Waals surface area (Å²) in [7, 11) is 1.90. The molecule has 0 amide bonds. The van der Waals surface area contributed by atoms with Crippen LogP contribution >= 0.6 is 0 Å². The number of aromatic nitrogens is 1. The number of rotatable bonds is 8. The maximum atomic E-state index is 5.61. The minimum atomic E-state index is 0.625. The summed E-state index contributed by atoms with van der Waals surface area (Å²) in [6, 6.07) is 13.7. The maximum Gasteiger partial charge on any atom is 0.137 e. The van der Waals surface area contributed by atoms with Gasteiger partial charge in [-0.2, -0.15) is 0 Å². The SMILES string of the molecule is CNCc1ccc(OCCCOc2ccccc2)cn1. The van der Waals surface area contributed by atoms with E-state index >= 15 is 0 Å². The standard InChI is InChI=1S/C16H20N2O2/c1-17-12-14-8-9-16(13-18-14)20-11-5-10-19-15-6-3-2-4-7-15/h2-4,6-9,13,17H,5,10-12H2,1H3. The number of para-hydroxylation sites is 1. The highest BCUT2D eigenvalue weighted by Gasteiger charge is 1.97. The molecule has 0 saturated carbocycles. The van der Waals surface area contributed by atoms with Crippen LogP contribution in [-0.2, 0) is 6.54 Å². The van der Waals surface area contributed by atoms with Gasteiger partial charge in [-0.1, -0.05) is 18.2 Å². The Bertz CT molecular complexity index is 486. The van der Waals surface area contributed by atoms with Crippen LogP contribution < -0.4 is 14.8 Å². The van der Waals surface area contributed by atoms with Crippen molar-refractivity contribution in [3.8, 4) is 11.5 Å². The van der Waals surface area contributed by atoms with E-state index in [2.05, 4.69) is 10.3 Å². The molecule has 20 heavy (non-hydrogen) atoms. The Morgan fingerprint density at radius 1 is 0.950 bits per heavy atom. The number of hydrogen-bond acceptors (Lipinski definition) is 4. The Kier molecular flexibility index (Phi) is 5.86. The minimum absolute atomic E-state index is 0.625. The molecule has 1 N–H and O–H groups in total. The highest BCUT2D eigenvalue weighted by Crippen LogP contribution is 2.10. The van der Waals surface area contributed by atoms with Gasteiger partial charge in [-0.25, -0.2) is 0 Å². The average molecular weight is 272 g/mol. The zero-order chi connectivity index (χ0) is 14.0. The normalized spacial score (nSPS) is 10.2.